The molecule has 1 heterocycles. The van der Waals surface area contributed by atoms with Crippen LogP contribution in [0.2, 0.25) is 10.0 Å². The molecule has 0 radical (unpaired) electrons. The maximum atomic E-state index is 14.2. The molecule has 4 nitrogen and oxygen atoms in total. The first-order valence-electron chi connectivity index (χ1n) is 9.66. The van der Waals surface area contributed by atoms with E-state index in [2.05, 4.69) is 4.98 Å². The summed E-state index contributed by atoms with van der Waals surface area (Å²) in [5.74, 6) is -1.85. The number of nitrogens with zero attached hydrogens (tertiary/aromatic N) is 2. The number of likely N-dealkylation sites (N-methyl/N-ethyl adjacent to an activating group) is 1. The highest BCUT2D eigenvalue weighted by molar-refractivity contribution is 6.34. The monoisotopic (exact) mass is 496 g/mol. The summed E-state index contributed by atoms with van der Waals surface area (Å²) in [5, 5.41) is 10.1. The van der Waals surface area contributed by atoms with Crippen LogP contribution in [0.3, 0.4) is 0 Å². The van der Waals surface area contributed by atoms with Crippen LogP contribution in [-0.4, -0.2) is 39.7 Å². The molecule has 2 aromatic rings. The van der Waals surface area contributed by atoms with Crippen molar-refractivity contribution in [3.63, 3.8) is 0 Å². The third-order valence-electron chi connectivity index (χ3n) is 5.67. The summed E-state index contributed by atoms with van der Waals surface area (Å²) in [7, 11) is 1.21. The zero-order chi connectivity index (χ0) is 23.8. The molecule has 1 saturated carbocycles. The van der Waals surface area contributed by atoms with Gasteiger partial charge in [0.05, 0.1) is 27.3 Å². The Kier molecular flexibility index (Phi) is 7.02. The third kappa shape index (κ3) is 4.70. The zero-order valence-corrected chi connectivity index (χ0v) is 18.3. The Morgan fingerprint density at radius 1 is 1.22 bits per heavy atom. The SMILES string of the molecule is CN(C(=O)c1nccc(C(F)(F)F)c1Cl)C(c1cccc(F)c1Cl)[C@]1(O)CC[C@@H](F)CC1. The van der Waals surface area contributed by atoms with Crippen molar-refractivity contribution in [1.29, 1.82) is 0 Å². The lowest BCUT2D eigenvalue weighted by Gasteiger charge is -2.44. The molecule has 11 heteroatoms. The van der Waals surface area contributed by atoms with Gasteiger partial charge in [-0.1, -0.05) is 35.3 Å². The molecule has 0 aliphatic heterocycles. The number of halogens is 7. The van der Waals surface area contributed by atoms with Crippen LogP contribution in [-0.2, 0) is 6.18 Å². The molecule has 1 aromatic heterocycles. The summed E-state index contributed by atoms with van der Waals surface area (Å²) in [6.45, 7) is 0. The molecular formula is C21H19Cl2F5N2O2. The first-order valence-corrected chi connectivity index (χ1v) is 10.4. The summed E-state index contributed by atoms with van der Waals surface area (Å²) < 4.78 is 67.6. The topological polar surface area (TPSA) is 53.4 Å². The lowest BCUT2D eigenvalue weighted by Crippen LogP contribution is -2.49. The van der Waals surface area contributed by atoms with Crippen molar-refractivity contribution >= 4 is 29.1 Å². The Balaban J connectivity index is 2.10. The van der Waals surface area contributed by atoms with Crippen LogP contribution < -0.4 is 0 Å². The van der Waals surface area contributed by atoms with Crippen molar-refractivity contribution < 1.29 is 31.9 Å². The molecule has 3 rings (SSSR count). The predicted octanol–water partition coefficient (Wildman–Crippen LogP) is 6.00. The van der Waals surface area contributed by atoms with E-state index in [1.807, 2.05) is 0 Å². The lowest BCUT2D eigenvalue weighted by molar-refractivity contribution is -0.137. The molecular weight excluding hydrogens is 478 g/mol. The van der Waals surface area contributed by atoms with Crippen LogP contribution in [0.15, 0.2) is 30.5 Å². The minimum atomic E-state index is -4.82. The predicted molar refractivity (Wildman–Crippen MR) is 109 cm³/mol. The molecule has 1 amide bonds. The van der Waals surface area contributed by atoms with Gasteiger partial charge >= 0.3 is 6.18 Å². The minimum Gasteiger partial charge on any atom is -0.387 e. The van der Waals surface area contributed by atoms with Crippen molar-refractivity contribution in [3.05, 3.63) is 63.1 Å². The van der Waals surface area contributed by atoms with E-state index in [0.717, 1.165) is 17.2 Å². The number of hydrogen-bond donors (Lipinski definition) is 1. The van der Waals surface area contributed by atoms with E-state index < -0.39 is 52.0 Å². The van der Waals surface area contributed by atoms with Crippen LogP contribution in [0.4, 0.5) is 22.0 Å². The van der Waals surface area contributed by atoms with Crippen molar-refractivity contribution in [3.8, 4) is 0 Å². The van der Waals surface area contributed by atoms with Gasteiger partial charge < -0.3 is 10.0 Å². The summed E-state index contributed by atoms with van der Waals surface area (Å²) in [6.07, 6.45) is -5.35. The van der Waals surface area contributed by atoms with Crippen LogP contribution in [0, 0.1) is 5.82 Å². The maximum absolute atomic E-state index is 14.2. The summed E-state index contributed by atoms with van der Waals surface area (Å²) in [5.41, 5.74) is -3.61. The fourth-order valence-corrected chi connectivity index (χ4v) is 4.57. The fourth-order valence-electron chi connectivity index (χ4n) is 4.04. The second-order valence-electron chi connectivity index (χ2n) is 7.76. The molecule has 0 spiro atoms. The van der Waals surface area contributed by atoms with Crippen LogP contribution in [0.5, 0.6) is 0 Å². The van der Waals surface area contributed by atoms with Gasteiger partial charge in [0.2, 0.25) is 0 Å². The molecule has 174 valence electrons. The third-order valence-corrected chi connectivity index (χ3v) is 6.45. The Morgan fingerprint density at radius 2 is 1.84 bits per heavy atom. The van der Waals surface area contributed by atoms with Crippen LogP contribution in [0.1, 0.15) is 53.3 Å². The van der Waals surface area contributed by atoms with E-state index in [4.69, 9.17) is 23.2 Å². The molecule has 1 aliphatic carbocycles. The number of aliphatic hydroxyl groups is 1. The molecule has 1 aliphatic rings. The number of pyridine rings is 1. The number of hydrogen-bond acceptors (Lipinski definition) is 3. The summed E-state index contributed by atoms with van der Waals surface area (Å²) >= 11 is 12.0. The standard InChI is InChI=1S/C21H19Cl2F5N2O2/c1-30(19(31)17-16(23)13(7-10-29-17)21(26,27)28)18(12-3-2-4-14(25)15(12)22)20(32)8-5-11(24)6-9-20/h2-4,7,10-11,18,32H,5-6,8-9H2,1H3/t11-,18?,20+. The van der Waals surface area contributed by atoms with Gasteiger partial charge in [-0.2, -0.15) is 13.2 Å². The van der Waals surface area contributed by atoms with E-state index in [-0.39, 0.29) is 36.3 Å². The normalized spacial score (nSPS) is 22.5. The summed E-state index contributed by atoms with van der Waals surface area (Å²) in [4.78, 5) is 17.8. The molecule has 0 saturated heterocycles. The average molecular weight is 497 g/mol. The fraction of sp³-hybridized carbons (Fsp3) is 0.429. The number of carbonyl (C=O) groups is 1. The van der Waals surface area contributed by atoms with Crippen LogP contribution in [0.25, 0.3) is 0 Å². The molecule has 1 N–H and O–H groups in total. The molecule has 32 heavy (non-hydrogen) atoms. The van der Waals surface area contributed by atoms with Gasteiger partial charge in [-0.05, 0) is 43.4 Å². The maximum Gasteiger partial charge on any atom is 0.417 e. The van der Waals surface area contributed by atoms with E-state index in [0.29, 0.717) is 6.07 Å². The molecule has 0 bridgehead atoms. The molecule has 1 fully saturated rings. The van der Waals surface area contributed by atoms with Gasteiger partial charge in [-0.3, -0.25) is 4.79 Å². The molecule has 1 aromatic carbocycles. The second-order valence-corrected chi connectivity index (χ2v) is 8.51. The largest absolute Gasteiger partial charge is 0.417 e. The van der Waals surface area contributed by atoms with Gasteiger partial charge in [0.25, 0.3) is 5.91 Å². The first kappa shape index (κ1) is 24.7. The van der Waals surface area contributed by atoms with Gasteiger partial charge in [0, 0.05) is 13.2 Å². The summed E-state index contributed by atoms with van der Waals surface area (Å²) in [6, 6.07) is 3.13. The first-order chi connectivity index (χ1) is 14.9. The number of rotatable bonds is 4. The van der Waals surface area contributed by atoms with Crippen LogP contribution >= 0.6 is 23.2 Å². The Morgan fingerprint density at radius 3 is 2.44 bits per heavy atom. The molecule has 1 unspecified atom stereocenters. The number of benzene rings is 1. The highest BCUT2D eigenvalue weighted by atomic mass is 35.5. The molecule has 1 atom stereocenters. The average Bonchev–Trinajstić information content (AvgIpc) is 2.72. The highest BCUT2D eigenvalue weighted by Crippen LogP contribution is 2.45. The van der Waals surface area contributed by atoms with Crippen molar-refractivity contribution in [1.82, 2.24) is 9.88 Å². The lowest BCUT2D eigenvalue weighted by atomic mass is 9.75. The quantitative estimate of drug-likeness (QED) is 0.528. The number of alkyl halides is 4. The van der Waals surface area contributed by atoms with Gasteiger partial charge in [0.1, 0.15) is 17.7 Å². The second kappa shape index (κ2) is 9.11. The van der Waals surface area contributed by atoms with E-state index in [1.165, 1.54) is 19.2 Å². The van der Waals surface area contributed by atoms with E-state index in [1.54, 1.807) is 0 Å². The minimum absolute atomic E-state index is 0.00939. The van der Waals surface area contributed by atoms with Gasteiger partial charge in [-0.25, -0.2) is 13.8 Å². The van der Waals surface area contributed by atoms with Gasteiger partial charge in [-0.15, -0.1) is 0 Å². The van der Waals surface area contributed by atoms with E-state index in [9.17, 15) is 31.9 Å². The Hall–Kier alpha value is -1.97. The Bertz CT molecular complexity index is 1010. The smallest absolute Gasteiger partial charge is 0.387 e. The highest BCUT2D eigenvalue weighted by Gasteiger charge is 2.46. The number of carbonyl (C=O) groups excluding carboxylic acids is 1. The van der Waals surface area contributed by atoms with Gasteiger partial charge in [0.15, 0.2) is 0 Å². The van der Waals surface area contributed by atoms with Crippen molar-refractivity contribution in [2.75, 3.05) is 7.05 Å². The van der Waals surface area contributed by atoms with Crippen molar-refractivity contribution in [2.45, 2.75) is 49.7 Å². The number of aromatic nitrogens is 1. The zero-order valence-electron chi connectivity index (χ0n) is 16.8. The van der Waals surface area contributed by atoms with E-state index >= 15 is 0 Å². The van der Waals surface area contributed by atoms with Crippen molar-refractivity contribution in [2.24, 2.45) is 0 Å². The number of amides is 1. The Labute approximate surface area is 191 Å².